The molecule has 6 nitrogen and oxygen atoms in total. The summed E-state index contributed by atoms with van der Waals surface area (Å²) in [6, 6.07) is 0. The molecule has 0 bridgehead atoms. The maximum atomic E-state index is 11.7. The molecule has 2 rings (SSSR count). The van der Waals surface area contributed by atoms with E-state index in [0.29, 0.717) is 37.0 Å². The van der Waals surface area contributed by atoms with Crippen molar-refractivity contribution in [1.29, 1.82) is 0 Å². The first-order chi connectivity index (χ1) is 8.62. The molecule has 1 aliphatic rings. The molecule has 1 unspecified atom stereocenters. The number of aromatic nitrogens is 2. The molecule has 0 amide bonds. The summed E-state index contributed by atoms with van der Waals surface area (Å²) in [4.78, 5) is 8.17. The van der Waals surface area contributed by atoms with Crippen molar-refractivity contribution in [2.24, 2.45) is 0 Å². The quantitative estimate of drug-likeness (QED) is 0.855. The number of sulfone groups is 1. The molecule has 18 heavy (non-hydrogen) atoms. The lowest BCUT2D eigenvalue weighted by molar-refractivity contribution is 0.325. The summed E-state index contributed by atoms with van der Waals surface area (Å²) in [5.41, 5.74) is 0. The summed E-state index contributed by atoms with van der Waals surface area (Å²) < 4.78 is 28.5. The Kier molecular flexibility index (Phi) is 4.00. The molecule has 1 aromatic rings. The van der Waals surface area contributed by atoms with Crippen molar-refractivity contribution in [3.8, 4) is 5.88 Å². The molecule has 100 valence electrons. The Morgan fingerprint density at radius 3 is 3.00 bits per heavy atom. The van der Waals surface area contributed by atoms with Crippen molar-refractivity contribution >= 4 is 15.7 Å². The van der Waals surface area contributed by atoms with Gasteiger partial charge in [-0.25, -0.2) is 8.42 Å². The molecule has 1 saturated heterocycles. The van der Waals surface area contributed by atoms with Gasteiger partial charge in [-0.15, -0.1) is 0 Å². The van der Waals surface area contributed by atoms with Crippen molar-refractivity contribution in [2.45, 2.75) is 25.0 Å². The highest BCUT2D eigenvalue weighted by Gasteiger charge is 2.30. The average Bonchev–Trinajstić information content (AvgIpc) is 2.67. The number of anilines is 1. The van der Waals surface area contributed by atoms with Crippen molar-refractivity contribution in [3.63, 3.8) is 0 Å². The number of rotatable bonds is 5. The number of hydrogen-bond donors (Lipinski definition) is 1. The summed E-state index contributed by atoms with van der Waals surface area (Å²) in [5, 5.41) is 2.70. The van der Waals surface area contributed by atoms with E-state index in [1.165, 1.54) is 6.20 Å². The number of nitrogens with zero attached hydrogens (tertiary/aromatic N) is 2. The summed E-state index contributed by atoms with van der Waals surface area (Å²) >= 11 is 0. The highest BCUT2D eigenvalue weighted by Crippen LogP contribution is 2.20. The van der Waals surface area contributed by atoms with E-state index in [1.807, 2.05) is 6.92 Å². The Morgan fingerprint density at radius 2 is 2.33 bits per heavy atom. The average molecular weight is 271 g/mol. The van der Waals surface area contributed by atoms with Gasteiger partial charge >= 0.3 is 0 Å². The minimum Gasteiger partial charge on any atom is -0.477 e. The van der Waals surface area contributed by atoms with Crippen molar-refractivity contribution in [2.75, 3.05) is 24.2 Å². The minimum atomic E-state index is -2.92. The van der Waals surface area contributed by atoms with Crippen LogP contribution in [-0.4, -0.2) is 42.5 Å². The van der Waals surface area contributed by atoms with Gasteiger partial charge in [0.1, 0.15) is 5.82 Å². The molecule has 7 heteroatoms. The second-order valence-electron chi connectivity index (χ2n) is 4.19. The van der Waals surface area contributed by atoms with E-state index in [0.717, 1.165) is 6.42 Å². The van der Waals surface area contributed by atoms with E-state index in [-0.39, 0.29) is 5.25 Å². The third-order valence-electron chi connectivity index (χ3n) is 2.88. The summed E-state index contributed by atoms with van der Waals surface area (Å²) in [5.74, 6) is 1.28. The van der Waals surface area contributed by atoms with Gasteiger partial charge in [0.15, 0.2) is 9.84 Å². The van der Waals surface area contributed by atoms with Gasteiger partial charge in [0.25, 0.3) is 0 Å². The molecule has 0 saturated carbocycles. The van der Waals surface area contributed by atoms with Gasteiger partial charge < -0.3 is 10.1 Å². The Bertz CT molecular complexity index is 504. The lowest BCUT2D eigenvalue weighted by Crippen LogP contribution is -2.25. The number of nitrogens with one attached hydrogen (secondary N) is 1. The number of ether oxygens (including phenoxy) is 1. The second kappa shape index (κ2) is 5.51. The Labute approximate surface area is 107 Å². The molecular formula is C11H17N3O3S. The van der Waals surface area contributed by atoms with E-state index < -0.39 is 9.84 Å². The van der Waals surface area contributed by atoms with Crippen LogP contribution in [0.5, 0.6) is 5.88 Å². The predicted molar refractivity (Wildman–Crippen MR) is 68.5 cm³/mol. The van der Waals surface area contributed by atoms with Crippen LogP contribution in [-0.2, 0) is 9.84 Å². The van der Waals surface area contributed by atoms with Gasteiger partial charge in [-0.2, -0.15) is 4.98 Å². The van der Waals surface area contributed by atoms with Crippen LogP contribution in [0.4, 0.5) is 5.82 Å². The zero-order valence-corrected chi connectivity index (χ0v) is 11.1. The summed E-state index contributed by atoms with van der Waals surface area (Å²) in [7, 11) is -2.92. The largest absolute Gasteiger partial charge is 0.477 e. The van der Waals surface area contributed by atoms with Crippen LogP contribution in [0.25, 0.3) is 0 Å². The van der Waals surface area contributed by atoms with E-state index in [1.54, 1.807) is 6.20 Å². The standard InChI is InChI=1S/C11H17N3O3S/c1-2-17-11-8-12-7-10(14-11)13-6-9-4-3-5-18(9,15)16/h7-9H,2-6H2,1H3,(H,13,14). The van der Waals surface area contributed by atoms with Gasteiger partial charge in [0.2, 0.25) is 5.88 Å². The molecule has 1 fully saturated rings. The van der Waals surface area contributed by atoms with Crippen LogP contribution < -0.4 is 10.1 Å². The highest BCUT2D eigenvalue weighted by molar-refractivity contribution is 7.92. The third-order valence-corrected chi connectivity index (χ3v) is 5.15. The summed E-state index contributed by atoms with van der Waals surface area (Å²) in [6.45, 7) is 2.77. The molecule has 1 aromatic heterocycles. The fraction of sp³-hybridized carbons (Fsp3) is 0.636. The fourth-order valence-electron chi connectivity index (χ4n) is 1.96. The van der Waals surface area contributed by atoms with E-state index in [2.05, 4.69) is 15.3 Å². The molecular weight excluding hydrogens is 254 g/mol. The molecule has 1 aliphatic heterocycles. The van der Waals surface area contributed by atoms with Gasteiger partial charge in [0.05, 0.1) is 30.0 Å². The lowest BCUT2D eigenvalue weighted by Gasteiger charge is -2.11. The topological polar surface area (TPSA) is 81.2 Å². The van der Waals surface area contributed by atoms with Crippen LogP contribution in [0.15, 0.2) is 12.4 Å². The van der Waals surface area contributed by atoms with E-state index in [4.69, 9.17) is 4.74 Å². The SMILES string of the molecule is CCOc1cncc(NCC2CCCS2(=O)=O)n1. The van der Waals surface area contributed by atoms with Crippen LogP contribution in [0.3, 0.4) is 0 Å². The van der Waals surface area contributed by atoms with Gasteiger partial charge in [-0.05, 0) is 19.8 Å². The maximum Gasteiger partial charge on any atom is 0.234 e. The molecule has 1 N–H and O–H groups in total. The minimum absolute atomic E-state index is 0.296. The van der Waals surface area contributed by atoms with Crippen LogP contribution in [0.1, 0.15) is 19.8 Å². The molecule has 1 atom stereocenters. The Balaban J connectivity index is 1.96. The summed E-state index contributed by atoms with van der Waals surface area (Å²) in [6.07, 6.45) is 4.55. The second-order valence-corrected chi connectivity index (χ2v) is 6.59. The highest BCUT2D eigenvalue weighted by atomic mass is 32.2. The monoisotopic (exact) mass is 271 g/mol. The van der Waals surface area contributed by atoms with Crippen molar-refractivity contribution < 1.29 is 13.2 Å². The Hall–Kier alpha value is -1.37. The first-order valence-corrected chi connectivity index (χ1v) is 7.73. The van der Waals surface area contributed by atoms with Gasteiger partial charge in [0, 0.05) is 6.54 Å². The number of hydrogen-bond acceptors (Lipinski definition) is 6. The zero-order chi connectivity index (χ0) is 13.0. The first-order valence-electron chi connectivity index (χ1n) is 6.02. The molecule has 0 aliphatic carbocycles. The van der Waals surface area contributed by atoms with E-state index >= 15 is 0 Å². The first kappa shape index (κ1) is 13.1. The van der Waals surface area contributed by atoms with Gasteiger partial charge in [-0.1, -0.05) is 0 Å². The maximum absolute atomic E-state index is 11.7. The fourth-order valence-corrected chi connectivity index (χ4v) is 3.72. The van der Waals surface area contributed by atoms with E-state index in [9.17, 15) is 8.42 Å². The Morgan fingerprint density at radius 1 is 1.50 bits per heavy atom. The molecule has 0 spiro atoms. The van der Waals surface area contributed by atoms with Crippen LogP contribution in [0.2, 0.25) is 0 Å². The van der Waals surface area contributed by atoms with Gasteiger partial charge in [-0.3, -0.25) is 4.98 Å². The van der Waals surface area contributed by atoms with Crippen molar-refractivity contribution in [1.82, 2.24) is 9.97 Å². The smallest absolute Gasteiger partial charge is 0.234 e. The third kappa shape index (κ3) is 3.10. The van der Waals surface area contributed by atoms with Crippen molar-refractivity contribution in [3.05, 3.63) is 12.4 Å². The molecule has 2 heterocycles. The zero-order valence-electron chi connectivity index (χ0n) is 10.3. The molecule has 0 radical (unpaired) electrons. The normalized spacial score (nSPS) is 21.7. The predicted octanol–water partition coefficient (Wildman–Crippen LogP) is 0.864. The lowest BCUT2D eigenvalue weighted by atomic mass is 10.2. The van der Waals surface area contributed by atoms with Crippen LogP contribution in [0, 0.1) is 0 Å². The van der Waals surface area contributed by atoms with Crippen LogP contribution >= 0.6 is 0 Å². The molecule has 0 aromatic carbocycles.